The summed E-state index contributed by atoms with van der Waals surface area (Å²) in [6.07, 6.45) is 7.84. The molecule has 4 aliphatic carbocycles. The normalized spacial score (nSPS) is 34.0. The van der Waals surface area contributed by atoms with Crippen molar-refractivity contribution in [3.05, 3.63) is 34.9 Å². The van der Waals surface area contributed by atoms with E-state index in [1.165, 1.54) is 19.3 Å². The van der Waals surface area contributed by atoms with Gasteiger partial charge < -0.3 is 9.80 Å². The van der Waals surface area contributed by atoms with Crippen molar-refractivity contribution in [2.45, 2.75) is 44.9 Å². The Morgan fingerprint density at radius 3 is 1.89 bits per heavy atom. The molecule has 0 N–H and O–H groups in total. The minimum absolute atomic E-state index is 0.0652. The Bertz CT molecular complexity index is 732. The van der Waals surface area contributed by atoms with Gasteiger partial charge in [-0.3, -0.25) is 9.59 Å². The number of carbonyl (C=O) groups excluding carboxylic acids is 2. The van der Waals surface area contributed by atoms with Gasteiger partial charge in [0.2, 0.25) is 11.8 Å². The monoisotopic (exact) mass is 400 g/mol. The predicted octanol–water partition coefficient (Wildman–Crippen LogP) is 3.77. The highest BCUT2D eigenvalue weighted by molar-refractivity contribution is 6.30. The van der Waals surface area contributed by atoms with Crippen LogP contribution >= 0.6 is 11.6 Å². The Morgan fingerprint density at radius 1 is 0.857 bits per heavy atom. The summed E-state index contributed by atoms with van der Waals surface area (Å²) < 4.78 is 0. The summed E-state index contributed by atoms with van der Waals surface area (Å²) in [5, 5.41) is 0.688. The summed E-state index contributed by atoms with van der Waals surface area (Å²) in [6, 6.07) is 7.47. The van der Waals surface area contributed by atoms with Crippen molar-refractivity contribution in [1.29, 1.82) is 0 Å². The summed E-state index contributed by atoms with van der Waals surface area (Å²) >= 11 is 5.92. The molecule has 0 unspecified atom stereocenters. The third-order valence-electron chi connectivity index (χ3n) is 7.68. The molecule has 1 aliphatic heterocycles. The molecule has 28 heavy (non-hydrogen) atoms. The van der Waals surface area contributed by atoms with E-state index in [2.05, 4.69) is 4.90 Å². The molecule has 0 aromatic heterocycles. The highest BCUT2D eigenvalue weighted by atomic mass is 35.5. The van der Waals surface area contributed by atoms with Crippen molar-refractivity contribution in [3.63, 3.8) is 0 Å². The number of carbonyl (C=O) groups is 2. The van der Waals surface area contributed by atoms with Crippen molar-refractivity contribution in [3.8, 4) is 0 Å². The molecule has 5 fully saturated rings. The molecule has 0 spiro atoms. The molecular weight excluding hydrogens is 372 g/mol. The molecule has 1 aromatic carbocycles. The van der Waals surface area contributed by atoms with Crippen LogP contribution in [0.15, 0.2) is 24.3 Å². The van der Waals surface area contributed by atoms with E-state index < -0.39 is 0 Å². The van der Waals surface area contributed by atoms with Gasteiger partial charge in [0.05, 0.1) is 11.8 Å². The first-order valence-corrected chi connectivity index (χ1v) is 11.2. The Morgan fingerprint density at radius 2 is 1.36 bits per heavy atom. The average Bonchev–Trinajstić information content (AvgIpc) is 2.68. The van der Waals surface area contributed by atoms with Crippen LogP contribution in [0.4, 0.5) is 0 Å². The number of hydrogen-bond acceptors (Lipinski definition) is 2. The van der Waals surface area contributed by atoms with Gasteiger partial charge in [-0.15, -0.1) is 0 Å². The van der Waals surface area contributed by atoms with E-state index in [4.69, 9.17) is 11.6 Å². The number of benzene rings is 1. The van der Waals surface area contributed by atoms with Crippen LogP contribution in [0.5, 0.6) is 0 Å². The van der Waals surface area contributed by atoms with E-state index in [1.54, 1.807) is 0 Å². The second-order valence-electron chi connectivity index (χ2n) is 9.67. The van der Waals surface area contributed by atoms with Gasteiger partial charge in [0.1, 0.15) is 0 Å². The Kier molecular flexibility index (Phi) is 4.65. The van der Waals surface area contributed by atoms with Crippen LogP contribution in [0.1, 0.15) is 44.1 Å². The van der Waals surface area contributed by atoms with E-state index in [0.29, 0.717) is 43.5 Å². The maximum absolute atomic E-state index is 13.5. The van der Waals surface area contributed by atoms with E-state index in [9.17, 15) is 9.59 Å². The topological polar surface area (TPSA) is 40.6 Å². The molecule has 4 nitrogen and oxygen atoms in total. The predicted molar refractivity (Wildman–Crippen MR) is 109 cm³/mol. The van der Waals surface area contributed by atoms with Gasteiger partial charge in [-0.1, -0.05) is 23.7 Å². The fraction of sp³-hybridized carbons (Fsp3) is 0.652. The van der Waals surface area contributed by atoms with Gasteiger partial charge in [0, 0.05) is 31.2 Å². The molecule has 0 radical (unpaired) electrons. The van der Waals surface area contributed by atoms with E-state index in [0.717, 1.165) is 42.6 Å². The van der Waals surface area contributed by atoms with Crippen molar-refractivity contribution in [2.75, 3.05) is 26.2 Å². The fourth-order valence-electron chi connectivity index (χ4n) is 6.76. The van der Waals surface area contributed by atoms with E-state index >= 15 is 0 Å². The number of rotatable bonds is 3. The SMILES string of the molecule is O=C(Cc1ccc(Cl)cc1)N1CCN(C(=O)C23CC4CC(CC(C4)C2)C3)CC1. The number of amides is 2. The lowest BCUT2D eigenvalue weighted by Gasteiger charge is -2.57. The Balaban J connectivity index is 1.18. The lowest BCUT2D eigenvalue weighted by Crippen LogP contribution is -2.58. The standard InChI is InChI=1S/C23H29ClN2O2/c24-20-3-1-16(2-4-20)12-21(27)25-5-7-26(8-6-25)22(28)23-13-17-9-18(14-23)11-19(10-17)15-23/h1-4,17-19H,5-15H2. The highest BCUT2D eigenvalue weighted by Gasteiger charge is 2.55. The summed E-state index contributed by atoms with van der Waals surface area (Å²) in [5.74, 6) is 2.91. The second kappa shape index (κ2) is 7.05. The number of piperazine rings is 1. The zero-order valence-electron chi connectivity index (χ0n) is 16.4. The van der Waals surface area contributed by atoms with Gasteiger partial charge >= 0.3 is 0 Å². The summed E-state index contributed by atoms with van der Waals surface area (Å²) in [7, 11) is 0. The van der Waals surface area contributed by atoms with Crippen molar-refractivity contribution in [1.82, 2.24) is 9.80 Å². The average molecular weight is 401 g/mol. The number of halogens is 1. The van der Waals surface area contributed by atoms with Gasteiger partial charge in [-0.25, -0.2) is 0 Å². The van der Waals surface area contributed by atoms with Crippen LogP contribution < -0.4 is 0 Å². The minimum atomic E-state index is -0.0652. The first-order chi connectivity index (χ1) is 13.5. The van der Waals surface area contributed by atoms with E-state index in [1.807, 2.05) is 29.2 Å². The third-order valence-corrected chi connectivity index (χ3v) is 7.93. The number of nitrogens with zero attached hydrogens (tertiary/aromatic N) is 2. The molecule has 150 valence electrons. The lowest BCUT2D eigenvalue weighted by molar-refractivity contribution is -0.160. The first-order valence-electron chi connectivity index (χ1n) is 10.8. The lowest BCUT2D eigenvalue weighted by atomic mass is 9.49. The summed E-state index contributed by atoms with van der Waals surface area (Å²) in [5.41, 5.74) is 0.922. The number of hydrogen-bond donors (Lipinski definition) is 0. The molecule has 5 aliphatic rings. The van der Waals surface area contributed by atoms with Crippen LogP contribution in [0, 0.1) is 23.2 Å². The van der Waals surface area contributed by atoms with Gasteiger partial charge in [0.15, 0.2) is 0 Å². The zero-order chi connectivity index (χ0) is 19.3. The molecule has 6 rings (SSSR count). The molecule has 2 amide bonds. The molecular formula is C23H29ClN2O2. The van der Waals surface area contributed by atoms with Crippen LogP contribution in [-0.2, 0) is 16.0 Å². The zero-order valence-corrected chi connectivity index (χ0v) is 17.2. The quantitative estimate of drug-likeness (QED) is 0.774. The van der Waals surface area contributed by atoms with Crippen molar-refractivity contribution >= 4 is 23.4 Å². The van der Waals surface area contributed by atoms with Crippen LogP contribution in [-0.4, -0.2) is 47.8 Å². The summed E-state index contributed by atoms with van der Waals surface area (Å²) in [6.45, 7) is 2.69. The van der Waals surface area contributed by atoms with Crippen molar-refractivity contribution in [2.24, 2.45) is 23.2 Å². The first kappa shape index (κ1) is 18.5. The highest BCUT2D eigenvalue weighted by Crippen LogP contribution is 2.60. The second-order valence-corrected chi connectivity index (χ2v) is 10.1. The largest absolute Gasteiger partial charge is 0.339 e. The molecule has 1 heterocycles. The molecule has 1 aromatic rings. The smallest absolute Gasteiger partial charge is 0.228 e. The maximum Gasteiger partial charge on any atom is 0.228 e. The molecule has 5 heteroatoms. The third kappa shape index (κ3) is 3.34. The fourth-order valence-corrected chi connectivity index (χ4v) is 6.88. The van der Waals surface area contributed by atoms with Crippen LogP contribution in [0.3, 0.4) is 0 Å². The molecule has 0 atom stereocenters. The molecule has 1 saturated heterocycles. The maximum atomic E-state index is 13.5. The minimum Gasteiger partial charge on any atom is -0.339 e. The van der Waals surface area contributed by atoms with E-state index in [-0.39, 0.29) is 11.3 Å². The molecule has 4 bridgehead atoms. The van der Waals surface area contributed by atoms with Gasteiger partial charge in [-0.2, -0.15) is 0 Å². The Hall–Kier alpha value is -1.55. The van der Waals surface area contributed by atoms with Crippen LogP contribution in [0.2, 0.25) is 5.02 Å². The van der Waals surface area contributed by atoms with Gasteiger partial charge in [-0.05, 0) is 74.0 Å². The Labute approximate surface area is 172 Å². The van der Waals surface area contributed by atoms with Crippen molar-refractivity contribution < 1.29 is 9.59 Å². The van der Waals surface area contributed by atoms with Crippen LogP contribution in [0.25, 0.3) is 0 Å². The molecule has 4 saturated carbocycles. The summed E-state index contributed by atoms with van der Waals surface area (Å²) in [4.78, 5) is 30.1. The van der Waals surface area contributed by atoms with Gasteiger partial charge in [0.25, 0.3) is 0 Å².